The summed E-state index contributed by atoms with van der Waals surface area (Å²) in [5, 5.41) is 5.29. The lowest BCUT2D eigenvalue weighted by molar-refractivity contribution is 0.0600. The molecule has 0 atom stereocenters. The number of ether oxygens (including phenoxy) is 1. The van der Waals surface area contributed by atoms with E-state index in [0.29, 0.717) is 37.6 Å². The van der Waals surface area contributed by atoms with Gasteiger partial charge in [-0.15, -0.1) is 0 Å². The molecule has 0 aliphatic rings. The highest BCUT2D eigenvalue weighted by Gasteiger charge is 2.11. The van der Waals surface area contributed by atoms with Crippen molar-refractivity contribution in [2.24, 2.45) is 5.10 Å². The summed E-state index contributed by atoms with van der Waals surface area (Å²) >= 11 is 18.1. The van der Waals surface area contributed by atoms with Gasteiger partial charge in [0.05, 0.1) is 39.1 Å². The summed E-state index contributed by atoms with van der Waals surface area (Å²) in [5.74, 6) is -0.390. The molecule has 8 nitrogen and oxygen atoms in total. The number of methoxy groups -OCH3 is 1. The number of hydrogen-bond donors (Lipinski definition) is 3. The third-order valence-corrected chi connectivity index (χ3v) is 4.38. The Balaban J connectivity index is 0.000000696. The Morgan fingerprint density at radius 1 is 1.04 bits per heavy atom. The van der Waals surface area contributed by atoms with Crippen molar-refractivity contribution in [2.45, 2.75) is 6.92 Å². The topological polar surface area (TPSA) is 125 Å². The average molecular weight is 470 g/mol. The van der Waals surface area contributed by atoms with Gasteiger partial charge in [-0.25, -0.2) is 4.79 Å². The molecule has 0 heterocycles. The molecule has 0 fully saturated rings. The van der Waals surface area contributed by atoms with Crippen molar-refractivity contribution in [1.29, 1.82) is 0 Å². The summed E-state index contributed by atoms with van der Waals surface area (Å²) < 4.78 is 36.2. The van der Waals surface area contributed by atoms with Crippen LogP contribution in [0.4, 0.5) is 5.69 Å². The number of hydrogen-bond acceptors (Lipinski definition) is 6. The number of nitrogens with zero attached hydrogens (tertiary/aromatic N) is 1. The molecule has 0 aliphatic heterocycles. The summed E-state index contributed by atoms with van der Waals surface area (Å²) in [4.78, 5) is 11.4. The predicted molar refractivity (Wildman–Crippen MR) is 109 cm³/mol. The van der Waals surface area contributed by atoms with Gasteiger partial charge in [-0.1, -0.05) is 40.9 Å². The van der Waals surface area contributed by atoms with Gasteiger partial charge in [-0.05, 0) is 37.3 Å². The molecule has 0 unspecified atom stereocenters. The van der Waals surface area contributed by atoms with Gasteiger partial charge in [-0.3, -0.25) is 14.5 Å². The summed E-state index contributed by atoms with van der Waals surface area (Å²) in [6.45, 7) is 1.79. The molecule has 2 aromatic rings. The van der Waals surface area contributed by atoms with Gasteiger partial charge in [0.1, 0.15) is 0 Å². The number of carbonyl (C=O) groups is 1. The average Bonchev–Trinajstić information content (AvgIpc) is 2.62. The second-order valence-electron chi connectivity index (χ2n) is 5.05. The minimum absolute atomic E-state index is 0.294. The van der Waals surface area contributed by atoms with E-state index in [0.717, 1.165) is 0 Å². The molecule has 0 spiro atoms. The Labute approximate surface area is 176 Å². The predicted octanol–water partition coefficient (Wildman–Crippen LogP) is 4.62. The zero-order chi connectivity index (χ0) is 21.5. The number of nitrogens with one attached hydrogen (secondary N) is 1. The molecule has 0 aromatic heterocycles. The number of esters is 1. The van der Waals surface area contributed by atoms with Crippen LogP contribution < -0.4 is 5.43 Å². The van der Waals surface area contributed by atoms with Gasteiger partial charge >= 0.3 is 16.4 Å². The molecule has 28 heavy (non-hydrogen) atoms. The summed E-state index contributed by atoms with van der Waals surface area (Å²) in [5.41, 5.74) is 5.39. The van der Waals surface area contributed by atoms with Gasteiger partial charge in [0.2, 0.25) is 0 Å². The minimum atomic E-state index is -4.67. The monoisotopic (exact) mass is 468 g/mol. The molecule has 2 rings (SSSR count). The summed E-state index contributed by atoms with van der Waals surface area (Å²) in [7, 11) is -3.33. The maximum Gasteiger partial charge on any atom is 0.394 e. The van der Waals surface area contributed by atoms with Crippen LogP contribution in [0.5, 0.6) is 0 Å². The van der Waals surface area contributed by atoms with Crippen molar-refractivity contribution in [3.8, 4) is 0 Å². The molecule has 0 saturated heterocycles. The maximum absolute atomic E-state index is 11.4. The van der Waals surface area contributed by atoms with Crippen LogP contribution in [0.15, 0.2) is 41.5 Å². The van der Waals surface area contributed by atoms with Crippen LogP contribution in [0.1, 0.15) is 22.8 Å². The Hall–Kier alpha value is -1.88. The van der Waals surface area contributed by atoms with E-state index in [9.17, 15) is 4.79 Å². The van der Waals surface area contributed by atoms with Crippen molar-refractivity contribution in [2.75, 3.05) is 12.5 Å². The Kier molecular flexibility index (Phi) is 9.15. The zero-order valence-electron chi connectivity index (χ0n) is 14.5. The van der Waals surface area contributed by atoms with Gasteiger partial charge < -0.3 is 4.74 Å². The third kappa shape index (κ3) is 8.01. The highest BCUT2D eigenvalue weighted by Crippen LogP contribution is 2.32. The first-order chi connectivity index (χ1) is 12.9. The van der Waals surface area contributed by atoms with E-state index in [4.69, 9.17) is 52.3 Å². The van der Waals surface area contributed by atoms with Crippen molar-refractivity contribution < 1.29 is 27.1 Å². The van der Waals surface area contributed by atoms with E-state index in [-0.39, 0.29) is 5.97 Å². The van der Waals surface area contributed by atoms with Crippen LogP contribution in [-0.2, 0) is 15.1 Å². The molecule has 2 aromatic carbocycles. The third-order valence-electron chi connectivity index (χ3n) is 3.08. The van der Waals surface area contributed by atoms with E-state index < -0.39 is 10.4 Å². The molecule has 0 saturated carbocycles. The molecule has 0 amide bonds. The second-order valence-corrected chi connectivity index (χ2v) is 7.11. The molecule has 0 bridgehead atoms. The number of benzene rings is 2. The molecular formula is C16H15Cl3N2O6S. The molecule has 152 valence electrons. The summed E-state index contributed by atoms with van der Waals surface area (Å²) in [6.07, 6.45) is 0. The lowest BCUT2D eigenvalue weighted by Crippen LogP contribution is -2.02. The molecule has 12 heteroatoms. The van der Waals surface area contributed by atoms with E-state index in [1.54, 1.807) is 43.3 Å². The molecule has 0 aliphatic carbocycles. The Morgan fingerprint density at radius 3 is 2.07 bits per heavy atom. The van der Waals surface area contributed by atoms with Crippen LogP contribution in [0, 0.1) is 0 Å². The van der Waals surface area contributed by atoms with Gasteiger partial charge in [-0.2, -0.15) is 13.5 Å². The number of rotatable bonds is 4. The zero-order valence-corrected chi connectivity index (χ0v) is 17.6. The van der Waals surface area contributed by atoms with Crippen LogP contribution >= 0.6 is 34.8 Å². The molecule has 3 N–H and O–H groups in total. The Morgan fingerprint density at radius 2 is 1.57 bits per heavy atom. The smallest absolute Gasteiger partial charge is 0.394 e. The van der Waals surface area contributed by atoms with Crippen molar-refractivity contribution >= 4 is 62.6 Å². The van der Waals surface area contributed by atoms with Crippen LogP contribution in [0.25, 0.3) is 0 Å². The van der Waals surface area contributed by atoms with E-state index in [2.05, 4.69) is 15.3 Å². The highest BCUT2D eigenvalue weighted by atomic mass is 35.5. The molecular weight excluding hydrogens is 455 g/mol. The second kappa shape index (κ2) is 10.6. The van der Waals surface area contributed by atoms with Crippen LogP contribution in [0.3, 0.4) is 0 Å². The number of carbonyl (C=O) groups excluding carboxylic acids is 1. The first-order valence-electron chi connectivity index (χ1n) is 7.26. The molecule has 0 radical (unpaired) electrons. The first kappa shape index (κ1) is 24.2. The largest absolute Gasteiger partial charge is 0.465 e. The van der Waals surface area contributed by atoms with Crippen molar-refractivity contribution in [1.82, 2.24) is 0 Å². The normalized spacial score (nSPS) is 11.3. The standard InChI is InChI=1S/C16H13Cl3N2O2.H2O4S/c1-9(12-7-8-13(17)15(19)14(12)18)20-21-11-5-3-10(4-6-11)16(22)23-2;1-5(2,3)4/h3-8,21H,1-2H3;(H2,1,2,3,4). The number of anilines is 1. The summed E-state index contributed by atoms with van der Waals surface area (Å²) in [6, 6.07) is 10.1. The fourth-order valence-corrected chi connectivity index (χ4v) is 2.48. The Bertz CT molecular complexity index is 971. The van der Waals surface area contributed by atoms with E-state index in [1.165, 1.54) is 7.11 Å². The SMILES string of the molecule is COC(=O)c1ccc(NN=C(C)c2ccc(Cl)c(Cl)c2Cl)cc1.O=S(=O)(O)O. The number of halogens is 3. The lowest BCUT2D eigenvalue weighted by atomic mass is 10.1. The minimum Gasteiger partial charge on any atom is -0.465 e. The van der Waals surface area contributed by atoms with Crippen LogP contribution in [0.2, 0.25) is 15.1 Å². The quantitative estimate of drug-likeness (QED) is 0.196. The highest BCUT2D eigenvalue weighted by molar-refractivity contribution is 7.79. The fourth-order valence-electron chi connectivity index (χ4n) is 1.81. The fraction of sp³-hybridized carbons (Fsp3) is 0.125. The van der Waals surface area contributed by atoms with Crippen LogP contribution in [-0.4, -0.2) is 36.3 Å². The van der Waals surface area contributed by atoms with Crippen molar-refractivity contribution in [3.05, 3.63) is 62.6 Å². The lowest BCUT2D eigenvalue weighted by Gasteiger charge is -2.08. The van der Waals surface area contributed by atoms with Crippen molar-refractivity contribution in [3.63, 3.8) is 0 Å². The van der Waals surface area contributed by atoms with Gasteiger partial charge in [0.15, 0.2) is 0 Å². The van der Waals surface area contributed by atoms with Gasteiger partial charge in [0.25, 0.3) is 0 Å². The number of hydrazone groups is 1. The van der Waals surface area contributed by atoms with E-state index in [1.807, 2.05) is 0 Å². The van der Waals surface area contributed by atoms with E-state index >= 15 is 0 Å². The maximum atomic E-state index is 11.4. The van der Waals surface area contributed by atoms with Gasteiger partial charge in [0, 0.05) is 5.56 Å². The first-order valence-corrected chi connectivity index (χ1v) is 9.79.